The number of benzene rings is 1. The van der Waals surface area contributed by atoms with Crippen molar-refractivity contribution in [3.05, 3.63) is 70.4 Å². The van der Waals surface area contributed by atoms with Gasteiger partial charge in [0.25, 0.3) is 11.5 Å². The van der Waals surface area contributed by atoms with Crippen LogP contribution < -0.4 is 11.0 Å². The molecule has 0 aliphatic carbocycles. The van der Waals surface area contributed by atoms with E-state index < -0.39 is 5.91 Å². The molecule has 0 aliphatic rings. The summed E-state index contributed by atoms with van der Waals surface area (Å²) in [6.45, 7) is 4.17. The first-order valence-corrected chi connectivity index (χ1v) is 8.36. The van der Waals surface area contributed by atoms with Crippen molar-refractivity contribution in [3.63, 3.8) is 0 Å². The molecule has 0 saturated carbocycles. The molecule has 7 nitrogen and oxygen atoms in total. The minimum absolute atomic E-state index is 0.177. The van der Waals surface area contributed by atoms with Gasteiger partial charge in [-0.25, -0.2) is 10.1 Å². The van der Waals surface area contributed by atoms with E-state index in [1.807, 2.05) is 13.0 Å². The van der Waals surface area contributed by atoms with Gasteiger partial charge >= 0.3 is 0 Å². The summed E-state index contributed by atoms with van der Waals surface area (Å²) in [6, 6.07) is 10.6. The average molecular weight is 349 g/mol. The zero-order valence-electron chi connectivity index (χ0n) is 14.6. The number of aromatic nitrogens is 3. The van der Waals surface area contributed by atoms with Gasteiger partial charge in [0.15, 0.2) is 5.69 Å². The first-order valence-electron chi connectivity index (χ1n) is 8.36. The monoisotopic (exact) mass is 349 g/mol. The zero-order valence-corrected chi connectivity index (χ0v) is 14.6. The number of nitrogens with zero attached hydrogens (tertiary/aromatic N) is 4. The summed E-state index contributed by atoms with van der Waals surface area (Å²) in [6.07, 6.45) is 4.08. The van der Waals surface area contributed by atoms with E-state index >= 15 is 0 Å². The molecule has 3 rings (SSSR count). The molecule has 3 aromatic rings. The molecule has 0 unspecified atom stereocenters. The molecule has 26 heavy (non-hydrogen) atoms. The summed E-state index contributed by atoms with van der Waals surface area (Å²) in [5, 5.41) is 9.35. The molecule has 7 heteroatoms. The second kappa shape index (κ2) is 7.69. The van der Waals surface area contributed by atoms with Crippen molar-refractivity contribution in [3.8, 4) is 0 Å². The number of hydrogen-bond donors (Lipinski definition) is 1. The molecule has 0 fully saturated rings. The largest absolute Gasteiger partial charge is 0.292 e. The van der Waals surface area contributed by atoms with E-state index in [-0.39, 0.29) is 11.3 Å². The number of hydrogen-bond acceptors (Lipinski definition) is 5. The fourth-order valence-corrected chi connectivity index (χ4v) is 2.60. The first kappa shape index (κ1) is 17.5. The average Bonchev–Trinajstić information content (AvgIpc) is 2.69. The van der Waals surface area contributed by atoms with E-state index in [1.54, 1.807) is 49.6 Å². The number of nitrogens with one attached hydrogen (secondary N) is 1. The SMILES string of the molecule is CCCn1nc(C(=O)N/N=C(/C)c2cccnc2)c2ccccc2c1=O. The molecule has 0 radical (unpaired) electrons. The Balaban J connectivity index is 1.98. The van der Waals surface area contributed by atoms with Crippen LogP contribution in [0.3, 0.4) is 0 Å². The summed E-state index contributed by atoms with van der Waals surface area (Å²) in [5.41, 5.74) is 3.93. The lowest BCUT2D eigenvalue weighted by atomic mass is 10.1. The number of carbonyl (C=O) groups excluding carboxylic acids is 1. The van der Waals surface area contributed by atoms with Crippen LogP contribution in [-0.2, 0) is 6.54 Å². The first-order chi connectivity index (χ1) is 12.6. The van der Waals surface area contributed by atoms with Crippen LogP contribution in [0.4, 0.5) is 0 Å². The van der Waals surface area contributed by atoms with Crippen LogP contribution in [0.2, 0.25) is 0 Å². The number of amides is 1. The van der Waals surface area contributed by atoms with Crippen LogP contribution in [0.1, 0.15) is 36.3 Å². The van der Waals surface area contributed by atoms with E-state index in [4.69, 9.17) is 0 Å². The highest BCUT2D eigenvalue weighted by molar-refractivity contribution is 6.06. The minimum atomic E-state index is -0.464. The van der Waals surface area contributed by atoms with Crippen LogP contribution in [0.15, 0.2) is 58.7 Å². The molecular formula is C19H19N5O2. The van der Waals surface area contributed by atoms with Gasteiger partial charge in [-0.3, -0.25) is 14.6 Å². The molecule has 132 valence electrons. The molecule has 0 saturated heterocycles. The second-order valence-corrected chi connectivity index (χ2v) is 5.80. The topological polar surface area (TPSA) is 89.2 Å². The fraction of sp³-hybridized carbons (Fsp3) is 0.211. The molecular weight excluding hydrogens is 330 g/mol. The Hall–Kier alpha value is -3.35. The third-order valence-electron chi connectivity index (χ3n) is 3.92. The van der Waals surface area contributed by atoms with Crippen LogP contribution in [-0.4, -0.2) is 26.4 Å². The standard InChI is InChI=1S/C19H19N5O2/c1-3-11-24-19(26)16-9-5-4-8-15(16)17(23-24)18(25)22-21-13(2)14-7-6-10-20-12-14/h4-10,12H,3,11H2,1-2H3,(H,22,25)/b21-13-. The van der Waals surface area contributed by atoms with Crippen molar-refractivity contribution < 1.29 is 4.79 Å². The number of aryl methyl sites for hydroxylation is 1. The quantitative estimate of drug-likeness (QED) is 0.566. The Bertz CT molecular complexity index is 1030. The molecule has 0 bridgehead atoms. The number of pyridine rings is 1. The fourth-order valence-electron chi connectivity index (χ4n) is 2.60. The molecule has 0 spiro atoms. The van der Waals surface area contributed by atoms with Crippen molar-refractivity contribution in [2.75, 3.05) is 0 Å². The van der Waals surface area contributed by atoms with E-state index in [1.165, 1.54) is 4.68 Å². The van der Waals surface area contributed by atoms with E-state index in [9.17, 15) is 9.59 Å². The van der Waals surface area contributed by atoms with E-state index in [0.717, 1.165) is 12.0 Å². The predicted molar refractivity (Wildman–Crippen MR) is 100 cm³/mol. The molecule has 0 aliphatic heterocycles. The Kier molecular flexibility index (Phi) is 5.17. The third kappa shape index (κ3) is 3.51. The third-order valence-corrected chi connectivity index (χ3v) is 3.92. The highest BCUT2D eigenvalue weighted by atomic mass is 16.2. The van der Waals surface area contributed by atoms with Crippen LogP contribution in [0, 0.1) is 0 Å². The molecule has 2 heterocycles. The van der Waals surface area contributed by atoms with Gasteiger partial charge in [-0.15, -0.1) is 0 Å². The second-order valence-electron chi connectivity index (χ2n) is 5.80. The Labute approximate surface area is 150 Å². The lowest BCUT2D eigenvalue weighted by Gasteiger charge is -2.09. The lowest BCUT2D eigenvalue weighted by Crippen LogP contribution is -2.29. The lowest BCUT2D eigenvalue weighted by molar-refractivity contribution is 0.0949. The smallest absolute Gasteiger partial charge is 0.267 e. The highest BCUT2D eigenvalue weighted by Crippen LogP contribution is 2.13. The summed E-state index contributed by atoms with van der Waals surface area (Å²) < 4.78 is 1.33. The van der Waals surface area contributed by atoms with Crippen molar-refractivity contribution in [2.24, 2.45) is 5.10 Å². The van der Waals surface area contributed by atoms with Gasteiger partial charge in [-0.2, -0.15) is 10.2 Å². The summed E-state index contributed by atoms with van der Waals surface area (Å²) >= 11 is 0. The van der Waals surface area contributed by atoms with Gasteiger partial charge in [0, 0.05) is 29.9 Å². The summed E-state index contributed by atoms with van der Waals surface area (Å²) in [5.74, 6) is -0.464. The van der Waals surface area contributed by atoms with Crippen molar-refractivity contribution in [1.29, 1.82) is 0 Å². The van der Waals surface area contributed by atoms with Crippen LogP contribution >= 0.6 is 0 Å². The normalized spacial score (nSPS) is 11.5. The molecule has 1 amide bonds. The summed E-state index contributed by atoms with van der Waals surface area (Å²) in [7, 11) is 0. The number of rotatable bonds is 5. The molecule has 0 atom stereocenters. The van der Waals surface area contributed by atoms with Crippen molar-refractivity contribution in [2.45, 2.75) is 26.8 Å². The number of carbonyl (C=O) groups is 1. The number of hydrazone groups is 1. The maximum Gasteiger partial charge on any atom is 0.292 e. The molecule has 2 aromatic heterocycles. The zero-order chi connectivity index (χ0) is 18.5. The van der Waals surface area contributed by atoms with Crippen molar-refractivity contribution in [1.82, 2.24) is 20.2 Å². The van der Waals surface area contributed by atoms with Gasteiger partial charge in [-0.1, -0.05) is 31.2 Å². The summed E-state index contributed by atoms with van der Waals surface area (Å²) in [4.78, 5) is 29.2. The van der Waals surface area contributed by atoms with Gasteiger partial charge in [0.2, 0.25) is 0 Å². The van der Waals surface area contributed by atoms with Gasteiger partial charge in [-0.05, 0) is 25.5 Å². The van der Waals surface area contributed by atoms with Gasteiger partial charge in [0.05, 0.1) is 11.1 Å². The predicted octanol–water partition coefficient (Wildman–Crippen LogP) is 2.36. The highest BCUT2D eigenvalue weighted by Gasteiger charge is 2.16. The maximum atomic E-state index is 12.7. The Morgan fingerprint density at radius 2 is 1.96 bits per heavy atom. The minimum Gasteiger partial charge on any atom is -0.267 e. The van der Waals surface area contributed by atoms with Crippen LogP contribution in [0.25, 0.3) is 10.8 Å². The molecule has 1 N–H and O–H groups in total. The van der Waals surface area contributed by atoms with Crippen molar-refractivity contribution >= 4 is 22.4 Å². The van der Waals surface area contributed by atoms with Gasteiger partial charge in [0.1, 0.15) is 0 Å². The Morgan fingerprint density at radius 1 is 1.19 bits per heavy atom. The van der Waals surface area contributed by atoms with E-state index in [2.05, 4.69) is 20.6 Å². The number of fused-ring (bicyclic) bond motifs is 1. The maximum absolute atomic E-state index is 12.7. The van der Waals surface area contributed by atoms with E-state index in [0.29, 0.717) is 23.0 Å². The van der Waals surface area contributed by atoms with Crippen LogP contribution in [0.5, 0.6) is 0 Å². The molecule has 1 aromatic carbocycles. The van der Waals surface area contributed by atoms with Gasteiger partial charge < -0.3 is 0 Å². The Morgan fingerprint density at radius 3 is 2.65 bits per heavy atom.